The molecule has 3 heteroatoms. The Hall–Kier alpha value is -1.45. The summed E-state index contributed by atoms with van der Waals surface area (Å²) in [5.41, 5.74) is 0. The first kappa shape index (κ1) is 14.2. The number of piperidine rings is 3. The lowest BCUT2D eigenvalue weighted by Gasteiger charge is -2.44. The van der Waals surface area contributed by atoms with Gasteiger partial charge in [-0.25, -0.2) is 0 Å². The summed E-state index contributed by atoms with van der Waals surface area (Å²) in [5.74, 6) is 1.76. The minimum Gasteiger partial charge on any atom is -0.489 e. The smallest absolute Gasteiger partial charge is 0.119 e. The molecule has 3 fully saturated rings. The molecule has 3 heterocycles. The third-order valence-corrected chi connectivity index (χ3v) is 5.70. The summed E-state index contributed by atoms with van der Waals surface area (Å²) >= 11 is 1.79. The Morgan fingerprint density at radius 3 is 2.18 bits per heavy atom. The van der Waals surface area contributed by atoms with E-state index in [2.05, 4.69) is 59.5 Å². The monoisotopic (exact) mass is 311 g/mol. The molecule has 114 valence electrons. The van der Waals surface area contributed by atoms with Crippen molar-refractivity contribution in [3.8, 4) is 5.75 Å². The van der Waals surface area contributed by atoms with Crippen LogP contribution in [0, 0.1) is 5.92 Å². The average molecular weight is 311 g/mol. The molecular formula is C19H21NOS. The molecule has 3 saturated heterocycles. The molecule has 0 saturated carbocycles. The van der Waals surface area contributed by atoms with Gasteiger partial charge in [-0.2, -0.15) is 0 Å². The van der Waals surface area contributed by atoms with E-state index in [1.54, 1.807) is 11.8 Å². The van der Waals surface area contributed by atoms with Crippen LogP contribution in [0.2, 0.25) is 0 Å². The first-order chi connectivity index (χ1) is 10.9. The van der Waals surface area contributed by atoms with Crippen molar-refractivity contribution in [3.05, 3.63) is 54.6 Å². The van der Waals surface area contributed by atoms with E-state index < -0.39 is 0 Å². The lowest BCUT2D eigenvalue weighted by Crippen LogP contribution is -2.52. The number of hydrogen-bond acceptors (Lipinski definition) is 3. The summed E-state index contributed by atoms with van der Waals surface area (Å²) < 4.78 is 6.24. The third kappa shape index (κ3) is 3.16. The van der Waals surface area contributed by atoms with Crippen LogP contribution < -0.4 is 4.74 Å². The zero-order valence-electron chi connectivity index (χ0n) is 12.7. The Morgan fingerprint density at radius 1 is 0.864 bits per heavy atom. The van der Waals surface area contributed by atoms with E-state index >= 15 is 0 Å². The van der Waals surface area contributed by atoms with Crippen molar-refractivity contribution in [1.29, 1.82) is 0 Å². The summed E-state index contributed by atoms with van der Waals surface area (Å²) in [6.07, 6.45) is 2.98. The van der Waals surface area contributed by atoms with Crippen LogP contribution in [-0.2, 0) is 0 Å². The Labute approximate surface area is 136 Å². The van der Waals surface area contributed by atoms with Gasteiger partial charge >= 0.3 is 0 Å². The first-order valence-electron chi connectivity index (χ1n) is 8.09. The molecule has 22 heavy (non-hydrogen) atoms. The maximum Gasteiger partial charge on any atom is 0.119 e. The minimum atomic E-state index is 0.384. The third-order valence-electron chi connectivity index (χ3n) is 4.69. The molecule has 0 spiro atoms. The topological polar surface area (TPSA) is 12.5 Å². The summed E-state index contributed by atoms with van der Waals surface area (Å²) in [5, 5.41) is 0. The van der Waals surface area contributed by atoms with Gasteiger partial charge in [0.15, 0.2) is 0 Å². The number of hydrogen-bond donors (Lipinski definition) is 0. The van der Waals surface area contributed by atoms with Gasteiger partial charge in [0.1, 0.15) is 11.9 Å². The predicted molar refractivity (Wildman–Crippen MR) is 90.6 cm³/mol. The van der Waals surface area contributed by atoms with Gasteiger partial charge < -0.3 is 4.74 Å². The van der Waals surface area contributed by atoms with E-state index in [0.717, 1.165) is 18.2 Å². The standard InChI is InChI=1S/C19H21NOS/c1-2-4-17(5-3-1)22-18-8-6-16(7-9-18)21-19-14-20-12-10-15(19)11-13-20/h1-9,15,19H,10-14H2/t19-/m0/s1. The predicted octanol–water partition coefficient (Wildman–Crippen LogP) is 4.31. The fourth-order valence-electron chi connectivity index (χ4n) is 3.43. The Kier molecular flexibility index (Phi) is 4.09. The summed E-state index contributed by atoms with van der Waals surface area (Å²) in [6.45, 7) is 3.62. The van der Waals surface area contributed by atoms with Gasteiger partial charge in [-0.15, -0.1) is 0 Å². The van der Waals surface area contributed by atoms with Gasteiger partial charge in [-0.3, -0.25) is 4.90 Å². The lowest BCUT2D eigenvalue weighted by molar-refractivity contribution is -0.00778. The quantitative estimate of drug-likeness (QED) is 0.835. The fourth-order valence-corrected chi connectivity index (χ4v) is 4.27. The number of benzene rings is 2. The number of fused-ring (bicyclic) bond motifs is 3. The Morgan fingerprint density at radius 2 is 1.55 bits per heavy atom. The van der Waals surface area contributed by atoms with E-state index in [1.165, 1.54) is 35.7 Å². The van der Waals surface area contributed by atoms with Crippen LogP contribution >= 0.6 is 11.8 Å². The Balaban J connectivity index is 1.39. The van der Waals surface area contributed by atoms with Crippen LogP contribution in [0.4, 0.5) is 0 Å². The van der Waals surface area contributed by atoms with Crippen LogP contribution in [0.15, 0.2) is 64.4 Å². The van der Waals surface area contributed by atoms with Crippen molar-refractivity contribution in [2.24, 2.45) is 5.92 Å². The van der Waals surface area contributed by atoms with Gasteiger partial charge in [0, 0.05) is 16.3 Å². The van der Waals surface area contributed by atoms with Crippen LogP contribution in [0.1, 0.15) is 12.8 Å². The maximum atomic E-state index is 6.24. The van der Waals surface area contributed by atoms with E-state index in [0.29, 0.717) is 6.10 Å². The lowest BCUT2D eigenvalue weighted by atomic mass is 9.86. The summed E-state index contributed by atoms with van der Waals surface area (Å²) in [7, 11) is 0. The van der Waals surface area contributed by atoms with Gasteiger partial charge in [0.05, 0.1) is 0 Å². The maximum absolute atomic E-state index is 6.24. The van der Waals surface area contributed by atoms with Crippen molar-refractivity contribution in [3.63, 3.8) is 0 Å². The molecule has 2 bridgehead atoms. The van der Waals surface area contributed by atoms with Gasteiger partial charge in [0.2, 0.25) is 0 Å². The van der Waals surface area contributed by atoms with E-state index in [9.17, 15) is 0 Å². The zero-order chi connectivity index (χ0) is 14.8. The highest BCUT2D eigenvalue weighted by Crippen LogP contribution is 2.32. The highest BCUT2D eigenvalue weighted by molar-refractivity contribution is 7.99. The second kappa shape index (κ2) is 6.35. The average Bonchev–Trinajstić information content (AvgIpc) is 2.59. The molecule has 2 aromatic rings. The molecule has 0 aromatic heterocycles. The summed E-state index contributed by atoms with van der Waals surface area (Å²) in [6, 6.07) is 19.0. The fraction of sp³-hybridized carbons (Fsp3) is 0.368. The molecule has 0 N–H and O–H groups in total. The molecule has 0 radical (unpaired) electrons. The molecule has 0 amide bonds. The molecular weight excluding hydrogens is 290 g/mol. The zero-order valence-corrected chi connectivity index (χ0v) is 13.5. The normalized spacial score (nSPS) is 26.8. The first-order valence-corrected chi connectivity index (χ1v) is 8.90. The summed E-state index contributed by atoms with van der Waals surface area (Å²) in [4.78, 5) is 5.06. The van der Waals surface area contributed by atoms with Gasteiger partial charge in [0.25, 0.3) is 0 Å². The number of rotatable bonds is 4. The van der Waals surface area contributed by atoms with E-state index in [4.69, 9.17) is 4.74 Å². The number of nitrogens with zero attached hydrogens (tertiary/aromatic N) is 1. The molecule has 1 atom stereocenters. The van der Waals surface area contributed by atoms with Gasteiger partial charge in [-0.05, 0) is 68.2 Å². The van der Waals surface area contributed by atoms with Gasteiger partial charge in [-0.1, -0.05) is 30.0 Å². The van der Waals surface area contributed by atoms with Crippen molar-refractivity contribution in [1.82, 2.24) is 4.90 Å². The van der Waals surface area contributed by atoms with Crippen LogP contribution in [0.25, 0.3) is 0 Å². The SMILES string of the molecule is c1ccc(Sc2ccc(O[C@H]3CN4CCC3CC4)cc2)cc1. The molecule has 3 aliphatic heterocycles. The molecule has 0 aliphatic carbocycles. The minimum absolute atomic E-state index is 0.384. The second-order valence-corrected chi connectivity index (χ2v) is 7.33. The largest absolute Gasteiger partial charge is 0.489 e. The molecule has 3 aliphatic rings. The van der Waals surface area contributed by atoms with Crippen molar-refractivity contribution in [2.45, 2.75) is 28.7 Å². The highest BCUT2D eigenvalue weighted by Gasteiger charge is 2.35. The van der Waals surface area contributed by atoms with Crippen molar-refractivity contribution >= 4 is 11.8 Å². The van der Waals surface area contributed by atoms with Crippen LogP contribution in [-0.4, -0.2) is 30.6 Å². The second-order valence-electron chi connectivity index (χ2n) is 6.18. The van der Waals surface area contributed by atoms with Crippen LogP contribution in [0.5, 0.6) is 5.75 Å². The van der Waals surface area contributed by atoms with E-state index in [1.807, 2.05) is 0 Å². The molecule has 0 unspecified atom stereocenters. The Bertz CT molecular complexity index is 605. The highest BCUT2D eigenvalue weighted by atomic mass is 32.2. The van der Waals surface area contributed by atoms with Crippen LogP contribution in [0.3, 0.4) is 0 Å². The molecule has 5 rings (SSSR count). The van der Waals surface area contributed by atoms with E-state index in [-0.39, 0.29) is 0 Å². The van der Waals surface area contributed by atoms with Crippen molar-refractivity contribution in [2.75, 3.05) is 19.6 Å². The van der Waals surface area contributed by atoms with Crippen molar-refractivity contribution < 1.29 is 4.74 Å². The molecule has 2 nitrogen and oxygen atoms in total. The number of ether oxygens (including phenoxy) is 1. The molecule has 2 aromatic carbocycles.